The van der Waals surface area contributed by atoms with Gasteiger partial charge in [0.15, 0.2) is 0 Å². The van der Waals surface area contributed by atoms with Crippen molar-refractivity contribution in [3.63, 3.8) is 0 Å². The molecule has 1 aliphatic rings. The predicted molar refractivity (Wildman–Crippen MR) is 108 cm³/mol. The van der Waals surface area contributed by atoms with Gasteiger partial charge >= 0.3 is 0 Å². The Kier molecular flexibility index (Phi) is 6.24. The highest BCUT2D eigenvalue weighted by Gasteiger charge is 2.22. The van der Waals surface area contributed by atoms with Crippen LogP contribution in [-0.4, -0.2) is 48.3 Å². The molecular weight excluding hydrogens is 338 g/mol. The van der Waals surface area contributed by atoms with E-state index in [0.29, 0.717) is 24.3 Å². The van der Waals surface area contributed by atoms with Gasteiger partial charge in [-0.25, -0.2) is 0 Å². The Morgan fingerprint density at radius 3 is 2.44 bits per heavy atom. The van der Waals surface area contributed by atoms with Crippen LogP contribution in [0.3, 0.4) is 0 Å². The van der Waals surface area contributed by atoms with E-state index in [0.717, 1.165) is 31.5 Å². The summed E-state index contributed by atoms with van der Waals surface area (Å²) in [5.41, 5.74) is 3.38. The fraction of sp³-hybridized carbons (Fsp3) is 0.364. The van der Waals surface area contributed by atoms with Gasteiger partial charge in [-0.1, -0.05) is 36.4 Å². The van der Waals surface area contributed by atoms with E-state index in [2.05, 4.69) is 5.32 Å². The normalized spacial score (nSPS) is 13.8. The summed E-state index contributed by atoms with van der Waals surface area (Å²) in [6.07, 6.45) is 2.13. The molecule has 1 N–H and O–H groups in total. The maximum atomic E-state index is 12.7. The van der Waals surface area contributed by atoms with Crippen molar-refractivity contribution in [1.82, 2.24) is 9.80 Å². The van der Waals surface area contributed by atoms with Crippen molar-refractivity contribution in [3.05, 3.63) is 65.2 Å². The Bertz CT molecular complexity index is 798. The molecule has 0 atom stereocenters. The van der Waals surface area contributed by atoms with Gasteiger partial charge in [-0.05, 0) is 50.1 Å². The van der Waals surface area contributed by atoms with Gasteiger partial charge in [0.2, 0.25) is 5.91 Å². The summed E-state index contributed by atoms with van der Waals surface area (Å²) in [5.74, 6) is -0.0235. The van der Waals surface area contributed by atoms with Crippen LogP contribution >= 0.6 is 0 Å². The molecule has 0 unspecified atom stereocenters. The van der Waals surface area contributed by atoms with E-state index in [1.165, 1.54) is 5.56 Å². The first-order chi connectivity index (χ1) is 13.0. The van der Waals surface area contributed by atoms with E-state index in [-0.39, 0.29) is 11.8 Å². The molecule has 0 spiro atoms. The zero-order chi connectivity index (χ0) is 19.2. The van der Waals surface area contributed by atoms with Gasteiger partial charge in [-0.2, -0.15) is 0 Å². The van der Waals surface area contributed by atoms with Crippen LogP contribution in [0.25, 0.3) is 0 Å². The van der Waals surface area contributed by atoms with E-state index >= 15 is 0 Å². The van der Waals surface area contributed by atoms with Crippen LogP contribution in [0.5, 0.6) is 0 Å². The number of benzene rings is 2. The number of amides is 2. The Morgan fingerprint density at radius 2 is 1.74 bits per heavy atom. The lowest BCUT2D eigenvalue weighted by molar-refractivity contribution is -0.117. The number of hydrogen-bond donors (Lipinski definition) is 1. The molecule has 1 saturated heterocycles. The van der Waals surface area contributed by atoms with E-state index < -0.39 is 0 Å². The van der Waals surface area contributed by atoms with Crippen molar-refractivity contribution in [2.24, 2.45) is 0 Å². The standard InChI is InChI=1S/C22H27N3O2/c1-17-19(22(27)25-13-6-7-14-25)11-8-12-20(17)23-21(26)16-24(2)15-18-9-4-3-5-10-18/h3-5,8-12H,6-7,13-16H2,1-2H3,(H,23,26). The molecule has 1 fully saturated rings. The lowest BCUT2D eigenvalue weighted by Crippen LogP contribution is -2.31. The second kappa shape index (κ2) is 8.82. The number of rotatable bonds is 6. The van der Waals surface area contributed by atoms with Crippen LogP contribution in [0.4, 0.5) is 5.69 Å². The molecule has 5 nitrogen and oxygen atoms in total. The third kappa shape index (κ3) is 4.95. The Balaban J connectivity index is 1.62. The molecule has 0 aromatic heterocycles. The van der Waals surface area contributed by atoms with Gasteiger partial charge in [0.25, 0.3) is 5.91 Å². The summed E-state index contributed by atoms with van der Waals surface area (Å²) >= 11 is 0. The quantitative estimate of drug-likeness (QED) is 0.855. The predicted octanol–water partition coefficient (Wildman–Crippen LogP) is 3.30. The van der Waals surface area contributed by atoms with Gasteiger partial charge < -0.3 is 10.2 Å². The van der Waals surface area contributed by atoms with Crippen LogP contribution in [0, 0.1) is 6.92 Å². The minimum atomic E-state index is -0.0812. The van der Waals surface area contributed by atoms with Crippen molar-refractivity contribution in [2.45, 2.75) is 26.3 Å². The first-order valence-electron chi connectivity index (χ1n) is 9.46. The number of nitrogens with one attached hydrogen (secondary N) is 1. The fourth-order valence-electron chi connectivity index (χ4n) is 3.48. The van der Waals surface area contributed by atoms with Crippen LogP contribution in [0.2, 0.25) is 0 Å². The van der Waals surface area contributed by atoms with Crippen molar-refractivity contribution >= 4 is 17.5 Å². The van der Waals surface area contributed by atoms with Crippen molar-refractivity contribution in [3.8, 4) is 0 Å². The third-order valence-electron chi connectivity index (χ3n) is 4.94. The molecule has 1 heterocycles. The Morgan fingerprint density at radius 1 is 1.04 bits per heavy atom. The van der Waals surface area contributed by atoms with Gasteiger partial charge in [0.05, 0.1) is 6.54 Å². The Labute approximate surface area is 161 Å². The summed E-state index contributed by atoms with van der Waals surface area (Å²) < 4.78 is 0. The lowest BCUT2D eigenvalue weighted by atomic mass is 10.1. The molecule has 1 aliphatic heterocycles. The molecule has 2 aromatic carbocycles. The zero-order valence-corrected chi connectivity index (χ0v) is 16.1. The maximum Gasteiger partial charge on any atom is 0.254 e. The molecule has 5 heteroatoms. The van der Waals surface area contributed by atoms with Gasteiger partial charge in [0.1, 0.15) is 0 Å². The topological polar surface area (TPSA) is 52.7 Å². The van der Waals surface area contributed by atoms with Crippen molar-refractivity contribution < 1.29 is 9.59 Å². The molecular formula is C22H27N3O2. The first-order valence-corrected chi connectivity index (χ1v) is 9.46. The summed E-state index contributed by atoms with van der Waals surface area (Å²) in [5, 5.41) is 2.96. The molecule has 27 heavy (non-hydrogen) atoms. The summed E-state index contributed by atoms with van der Waals surface area (Å²) in [6, 6.07) is 15.6. The highest BCUT2D eigenvalue weighted by molar-refractivity contribution is 5.99. The SMILES string of the molecule is Cc1c(NC(=O)CN(C)Cc2ccccc2)cccc1C(=O)N1CCCC1. The number of carbonyl (C=O) groups excluding carboxylic acids is 2. The molecule has 142 valence electrons. The van der Waals surface area contributed by atoms with Crippen LogP contribution in [0.1, 0.15) is 34.3 Å². The van der Waals surface area contributed by atoms with Crippen molar-refractivity contribution in [2.75, 3.05) is 32.0 Å². The minimum absolute atomic E-state index is 0.0577. The molecule has 0 radical (unpaired) electrons. The fourth-order valence-corrected chi connectivity index (χ4v) is 3.48. The highest BCUT2D eigenvalue weighted by Crippen LogP contribution is 2.22. The van der Waals surface area contributed by atoms with Crippen LogP contribution in [0.15, 0.2) is 48.5 Å². The number of likely N-dealkylation sites (tertiary alicyclic amines) is 1. The third-order valence-corrected chi connectivity index (χ3v) is 4.94. The molecule has 0 aliphatic carbocycles. The highest BCUT2D eigenvalue weighted by atomic mass is 16.2. The van der Waals surface area contributed by atoms with Gasteiger partial charge in [-0.3, -0.25) is 14.5 Å². The molecule has 2 aromatic rings. The number of carbonyl (C=O) groups is 2. The number of nitrogens with zero attached hydrogens (tertiary/aromatic N) is 2. The van der Waals surface area contributed by atoms with Crippen molar-refractivity contribution in [1.29, 1.82) is 0 Å². The lowest BCUT2D eigenvalue weighted by Gasteiger charge is -2.19. The van der Waals surface area contributed by atoms with E-state index in [4.69, 9.17) is 0 Å². The average molecular weight is 365 g/mol. The maximum absolute atomic E-state index is 12.7. The first kappa shape index (κ1) is 19.1. The smallest absolute Gasteiger partial charge is 0.254 e. The zero-order valence-electron chi connectivity index (χ0n) is 16.1. The Hall–Kier alpha value is -2.66. The molecule has 2 amide bonds. The molecule has 0 bridgehead atoms. The van der Waals surface area contributed by atoms with Gasteiger partial charge in [0, 0.05) is 30.9 Å². The largest absolute Gasteiger partial charge is 0.339 e. The van der Waals surface area contributed by atoms with E-state index in [1.54, 1.807) is 0 Å². The van der Waals surface area contributed by atoms with Crippen LogP contribution < -0.4 is 5.32 Å². The van der Waals surface area contributed by atoms with Crippen LogP contribution in [-0.2, 0) is 11.3 Å². The van der Waals surface area contributed by atoms with E-state index in [1.807, 2.05) is 72.3 Å². The molecule has 3 rings (SSSR count). The summed E-state index contributed by atoms with van der Waals surface area (Å²) in [6.45, 7) is 4.53. The number of anilines is 1. The number of likely N-dealkylation sites (N-methyl/N-ethyl adjacent to an activating group) is 1. The number of hydrogen-bond acceptors (Lipinski definition) is 3. The second-order valence-corrected chi connectivity index (χ2v) is 7.18. The van der Waals surface area contributed by atoms with Gasteiger partial charge in [-0.15, -0.1) is 0 Å². The minimum Gasteiger partial charge on any atom is -0.339 e. The molecule has 0 saturated carbocycles. The monoisotopic (exact) mass is 365 g/mol. The summed E-state index contributed by atoms with van der Waals surface area (Å²) in [7, 11) is 1.92. The van der Waals surface area contributed by atoms with E-state index in [9.17, 15) is 9.59 Å². The summed E-state index contributed by atoms with van der Waals surface area (Å²) in [4.78, 5) is 29.0. The average Bonchev–Trinajstić information content (AvgIpc) is 3.18. The second-order valence-electron chi connectivity index (χ2n) is 7.18.